The maximum atomic E-state index is 12.5. The first-order chi connectivity index (χ1) is 12.1. The van der Waals surface area contributed by atoms with Gasteiger partial charge in [0.1, 0.15) is 6.04 Å². The Morgan fingerprint density at radius 2 is 1.88 bits per heavy atom. The molecule has 0 aliphatic carbocycles. The van der Waals surface area contributed by atoms with Crippen molar-refractivity contribution in [2.75, 3.05) is 19.6 Å². The normalized spacial score (nSPS) is 25.8. The maximum Gasteiger partial charge on any atom is 0.327 e. The zero-order valence-corrected chi connectivity index (χ0v) is 14.3. The van der Waals surface area contributed by atoms with Crippen LogP contribution in [-0.2, 0) is 16.0 Å². The van der Waals surface area contributed by atoms with Gasteiger partial charge in [0.05, 0.1) is 6.04 Å². The molecule has 3 aliphatic heterocycles. The SMILES string of the molecule is O=C(CCc1ccccc1)N1CCC(N2C(=O)[C@H]3CCCN3C2=O)C1. The molecule has 1 unspecified atom stereocenters. The molecule has 0 saturated carbocycles. The van der Waals surface area contributed by atoms with Crippen molar-refractivity contribution >= 4 is 17.8 Å². The van der Waals surface area contributed by atoms with E-state index in [9.17, 15) is 14.4 Å². The second-order valence-electron chi connectivity index (χ2n) is 7.11. The van der Waals surface area contributed by atoms with E-state index in [1.54, 1.807) is 9.80 Å². The molecule has 132 valence electrons. The molecule has 4 rings (SSSR count). The molecule has 0 spiro atoms. The number of nitrogens with zero attached hydrogens (tertiary/aromatic N) is 3. The Kier molecular flexibility index (Phi) is 4.19. The second kappa shape index (κ2) is 6.50. The lowest BCUT2D eigenvalue weighted by Crippen LogP contribution is -2.44. The molecule has 3 heterocycles. The van der Waals surface area contributed by atoms with Crippen LogP contribution >= 0.6 is 0 Å². The molecule has 0 N–H and O–H groups in total. The Bertz CT molecular complexity index is 668. The number of hydrogen-bond acceptors (Lipinski definition) is 3. The Balaban J connectivity index is 1.34. The predicted octanol–water partition coefficient (Wildman–Crippen LogP) is 1.65. The van der Waals surface area contributed by atoms with Crippen LogP contribution in [0.25, 0.3) is 0 Å². The highest BCUT2D eigenvalue weighted by Gasteiger charge is 2.51. The van der Waals surface area contributed by atoms with Gasteiger partial charge in [-0.15, -0.1) is 0 Å². The Hall–Kier alpha value is -2.37. The highest BCUT2D eigenvalue weighted by atomic mass is 16.2. The molecule has 6 heteroatoms. The number of urea groups is 1. The van der Waals surface area contributed by atoms with Crippen molar-refractivity contribution in [3.8, 4) is 0 Å². The van der Waals surface area contributed by atoms with Gasteiger partial charge in [-0.25, -0.2) is 4.79 Å². The first-order valence-electron chi connectivity index (χ1n) is 9.10. The molecule has 0 radical (unpaired) electrons. The average Bonchev–Trinajstić information content (AvgIpc) is 3.33. The molecule has 0 bridgehead atoms. The summed E-state index contributed by atoms with van der Waals surface area (Å²) in [4.78, 5) is 42.4. The molecular formula is C19H23N3O3. The van der Waals surface area contributed by atoms with E-state index in [1.807, 2.05) is 30.3 Å². The highest BCUT2D eigenvalue weighted by Crippen LogP contribution is 2.31. The summed E-state index contributed by atoms with van der Waals surface area (Å²) < 4.78 is 0. The van der Waals surface area contributed by atoms with Crippen LogP contribution < -0.4 is 0 Å². The summed E-state index contributed by atoms with van der Waals surface area (Å²) in [5, 5.41) is 0. The van der Waals surface area contributed by atoms with Gasteiger partial charge in [-0.3, -0.25) is 14.5 Å². The van der Waals surface area contributed by atoms with Crippen LogP contribution in [0.5, 0.6) is 0 Å². The highest BCUT2D eigenvalue weighted by molar-refractivity contribution is 6.05. The first-order valence-corrected chi connectivity index (χ1v) is 9.10. The molecule has 3 fully saturated rings. The number of benzene rings is 1. The van der Waals surface area contributed by atoms with Crippen LogP contribution in [0.1, 0.15) is 31.2 Å². The molecule has 6 nitrogen and oxygen atoms in total. The number of imide groups is 1. The summed E-state index contributed by atoms with van der Waals surface area (Å²) in [6.45, 7) is 1.78. The van der Waals surface area contributed by atoms with Gasteiger partial charge in [0.25, 0.3) is 5.91 Å². The number of rotatable bonds is 4. The van der Waals surface area contributed by atoms with E-state index in [2.05, 4.69) is 0 Å². The molecular weight excluding hydrogens is 318 g/mol. The number of carbonyl (C=O) groups excluding carboxylic acids is 3. The van der Waals surface area contributed by atoms with E-state index in [0.717, 1.165) is 24.8 Å². The van der Waals surface area contributed by atoms with E-state index >= 15 is 0 Å². The van der Waals surface area contributed by atoms with E-state index in [1.165, 1.54) is 4.90 Å². The van der Waals surface area contributed by atoms with Crippen molar-refractivity contribution in [2.24, 2.45) is 0 Å². The van der Waals surface area contributed by atoms with Gasteiger partial charge in [0.15, 0.2) is 0 Å². The van der Waals surface area contributed by atoms with Crippen molar-refractivity contribution in [2.45, 2.75) is 44.2 Å². The maximum absolute atomic E-state index is 12.5. The summed E-state index contributed by atoms with van der Waals surface area (Å²) in [7, 11) is 0. The fraction of sp³-hybridized carbons (Fsp3) is 0.526. The van der Waals surface area contributed by atoms with Crippen molar-refractivity contribution in [1.29, 1.82) is 0 Å². The van der Waals surface area contributed by atoms with Crippen molar-refractivity contribution in [3.63, 3.8) is 0 Å². The zero-order valence-electron chi connectivity index (χ0n) is 14.3. The fourth-order valence-corrected chi connectivity index (χ4v) is 4.21. The third-order valence-electron chi connectivity index (χ3n) is 5.58. The Morgan fingerprint density at radius 1 is 1.08 bits per heavy atom. The molecule has 1 aromatic carbocycles. The van der Waals surface area contributed by atoms with Crippen molar-refractivity contribution in [3.05, 3.63) is 35.9 Å². The average molecular weight is 341 g/mol. The van der Waals surface area contributed by atoms with Crippen molar-refractivity contribution < 1.29 is 14.4 Å². The molecule has 2 atom stereocenters. The minimum absolute atomic E-state index is 0.0638. The molecule has 25 heavy (non-hydrogen) atoms. The fourth-order valence-electron chi connectivity index (χ4n) is 4.21. The van der Waals surface area contributed by atoms with Gasteiger partial charge in [-0.1, -0.05) is 30.3 Å². The van der Waals surface area contributed by atoms with Crippen LogP contribution in [0.3, 0.4) is 0 Å². The number of hydrogen-bond donors (Lipinski definition) is 0. The molecule has 1 aromatic rings. The monoisotopic (exact) mass is 341 g/mol. The van der Waals surface area contributed by atoms with E-state index in [0.29, 0.717) is 32.5 Å². The van der Waals surface area contributed by atoms with E-state index in [4.69, 9.17) is 0 Å². The minimum atomic E-state index is -0.254. The third-order valence-corrected chi connectivity index (χ3v) is 5.58. The number of likely N-dealkylation sites (tertiary alicyclic amines) is 1. The summed E-state index contributed by atoms with van der Waals surface area (Å²) in [5.74, 6) is 0.0389. The lowest BCUT2D eigenvalue weighted by molar-refractivity contribution is -0.132. The van der Waals surface area contributed by atoms with Gasteiger partial charge < -0.3 is 9.80 Å². The first kappa shape index (κ1) is 16.1. The minimum Gasteiger partial charge on any atom is -0.341 e. The van der Waals surface area contributed by atoms with E-state index in [-0.39, 0.29) is 29.9 Å². The van der Waals surface area contributed by atoms with Gasteiger partial charge in [0.2, 0.25) is 5.91 Å². The Labute approximate surface area is 147 Å². The van der Waals surface area contributed by atoms with Gasteiger partial charge >= 0.3 is 6.03 Å². The summed E-state index contributed by atoms with van der Waals surface area (Å²) in [6, 6.07) is 9.39. The number of fused-ring (bicyclic) bond motifs is 1. The van der Waals surface area contributed by atoms with Crippen molar-refractivity contribution in [1.82, 2.24) is 14.7 Å². The van der Waals surface area contributed by atoms with Crippen LogP contribution in [-0.4, -0.2) is 64.3 Å². The van der Waals surface area contributed by atoms with Crippen LogP contribution in [0.4, 0.5) is 4.79 Å². The number of carbonyl (C=O) groups is 3. The standard InChI is InChI=1S/C19H23N3O3/c23-17(9-8-14-5-2-1-3-6-14)20-12-10-15(13-20)22-18(24)16-7-4-11-21(16)19(22)25/h1-3,5-6,15-16H,4,7-13H2/t15?,16-/m1/s1. The lowest BCUT2D eigenvalue weighted by atomic mass is 10.1. The third kappa shape index (κ3) is 2.90. The largest absolute Gasteiger partial charge is 0.341 e. The molecule has 4 amide bonds. The summed E-state index contributed by atoms with van der Waals surface area (Å²) in [6.07, 6.45) is 3.55. The van der Waals surface area contributed by atoms with Crippen LogP contribution in [0.15, 0.2) is 30.3 Å². The molecule has 3 saturated heterocycles. The number of amides is 4. The lowest BCUT2D eigenvalue weighted by Gasteiger charge is -2.23. The van der Waals surface area contributed by atoms with Gasteiger partial charge in [-0.05, 0) is 31.2 Å². The zero-order chi connectivity index (χ0) is 17.4. The van der Waals surface area contributed by atoms with Crippen LogP contribution in [0, 0.1) is 0 Å². The summed E-state index contributed by atoms with van der Waals surface area (Å²) in [5.41, 5.74) is 1.15. The topological polar surface area (TPSA) is 60.9 Å². The smallest absolute Gasteiger partial charge is 0.327 e. The van der Waals surface area contributed by atoms with E-state index < -0.39 is 0 Å². The van der Waals surface area contributed by atoms with Gasteiger partial charge in [0, 0.05) is 26.1 Å². The van der Waals surface area contributed by atoms with Crippen LogP contribution in [0.2, 0.25) is 0 Å². The second-order valence-corrected chi connectivity index (χ2v) is 7.11. The summed E-state index contributed by atoms with van der Waals surface area (Å²) >= 11 is 0. The number of aryl methyl sites for hydroxylation is 1. The van der Waals surface area contributed by atoms with Gasteiger partial charge in [-0.2, -0.15) is 0 Å². The molecule has 3 aliphatic rings. The quantitative estimate of drug-likeness (QED) is 0.783. The predicted molar refractivity (Wildman–Crippen MR) is 91.7 cm³/mol. The molecule has 0 aromatic heterocycles. The Morgan fingerprint density at radius 3 is 2.64 bits per heavy atom.